The molecule has 0 unspecified atom stereocenters. The SMILES string of the molecule is O=Cc1ccc(-c2cc(C(F)(F)F)ccc2NCCNc2ncc(C(F)(F)F)cc2Cl)o1. The van der Waals surface area contributed by atoms with Crippen LogP contribution in [0.3, 0.4) is 0 Å². The summed E-state index contributed by atoms with van der Waals surface area (Å²) in [6.07, 6.45) is -8.10. The van der Waals surface area contributed by atoms with Gasteiger partial charge in [0.1, 0.15) is 11.6 Å². The first-order valence-electron chi connectivity index (χ1n) is 8.96. The van der Waals surface area contributed by atoms with Gasteiger partial charge in [0.25, 0.3) is 0 Å². The highest BCUT2D eigenvalue weighted by atomic mass is 35.5. The highest BCUT2D eigenvalue weighted by molar-refractivity contribution is 6.32. The van der Waals surface area contributed by atoms with Gasteiger partial charge in [-0.1, -0.05) is 11.6 Å². The number of furan rings is 1. The number of benzene rings is 1. The van der Waals surface area contributed by atoms with Gasteiger partial charge < -0.3 is 15.1 Å². The third-order valence-electron chi connectivity index (χ3n) is 4.26. The highest BCUT2D eigenvalue weighted by Gasteiger charge is 2.32. The van der Waals surface area contributed by atoms with E-state index in [1.165, 1.54) is 18.2 Å². The number of nitrogens with one attached hydrogen (secondary N) is 2. The Morgan fingerprint density at radius 3 is 2.22 bits per heavy atom. The molecule has 0 atom stereocenters. The number of carbonyl (C=O) groups is 1. The zero-order valence-corrected chi connectivity index (χ0v) is 16.7. The van der Waals surface area contributed by atoms with Crippen molar-refractivity contribution in [1.82, 2.24) is 4.98 Å². The van der Waals surface area contributed by atoms with Crippen molar-refractivity contribution in [3.63, 3.8) is 0 Å². The van der Waals surface area contributed by atoms with E-state index in [9.17, 15) is 31.1 Å². The summed E-state index contributed by atoms with van der Waals surface area (Å²) >= 11 is 5.82. The predicted molar refractivity (Wildman–Crippen MR) is 106 cm³/mol. The molecule has 12 heteroatoms. The number of hydrogen-bond acceptors (Lipinski definition) is 5. The summed E-state index contributed by atoms with van der Waals surface area (Å²) in [5.41, 5.74) is -1.52. The van der Waals surface area contributed by atoms with E-state index in [2.05, 4.69) is 15.6 Å². The first kappa shape index (κ1) is 23.5. The number of pyridine rings is 1. The molecule has 0 fully saturated rings. The maximum absolute atomic E-state index is 13.1. The predicted octanol–water partition coefficient (Wildman–Crippen LogP) is 6.37. The van der Waals surface area contributed by atoms with Gasteiger partial charge in [-0.2, -0.15) is 26.3 Å². The quantitative estimate of drug-likeness (QED) is 0.235. The molecule has 0 saturated carbocycles. The molecule has 2 heterocycles. The van der Waals surface area contributed by atoms with Crippen molar-refractivity contribution in [2.24, 2.45) is 0 Å². The summed E-state index contributed by atoms with van der Waals surface area (Å²) in [6.45, 7) is 0.287. The minimum Gasteiger partial charge on any atom is -0.453 e. The molecule has 2 aromatic heterocycles. The van der Waals surface area contributed by atoms with Crippen LogP contribution in [0, 0.1) is 0 Å². The Labute approximate surface area is 182 Å². The lowest BCUT2D eigenvalue weighted by atomic mass is 10.1. The van der Waals surface area contributed by atoms with Gasteiger partial charge in [0, 0.05) is 30.5 Å². The van der Waals surface area contributed by atoms with Crippen molar-refractivity contribution in [3.05, 3.63) is 64.5 Å². The smallest absolute Gasteiger partial charge is 0.417 e. The van der Waals surface area contributed by atoms with E-state index in [0.717, 1.165) is 18.2 Å². The van der Waals surface area contributed by atoms with Gasteiger partial charge in [-0.25, -0.2) is 4.98 Å². The Balaban J connectivity index is 1.73. The Hall–Kier alpha value is -3.21. The largest absolute Gasteiger partial charge is 0.453 e. The molecule has 0 aliphatic heterocycles. The average Bonchev–Trinajstić information content (AvgIpc) is 3.20. The van der Waals surface area contributed by atoms with Gasteiger partial charge in [-0.15, -0.1) is 0 Å². The van der Waals surface area contributed by atoms with E-state index in [1.54, 1.807) is 0 Å². The summed E-state index contributed by atoms with van der Waals surface area (Å²) in [6, 6.07) is 6.42. The number of rotatable bonds is 7. The minimum absolute atomic E-state index is 0.0239. The monoisotopic (exact) mass is 477 g/mol. The maximum Gasteiger partial charge on any atom is 0.417 e. The summed E-state index contributed by atoms with van der Waals surface area (Å²) in [4.78, 5) is 14.5. The van der Waals surface area contributed by atoms with Crippen molar-refractivity contribution < 1.29 is 35.6 Å². The number of aromatic nitrogens is 1. The second-order valence-electron chi connectivity index (χ2n) is 6.48. The number of nitrogens with zero attached hydrogens (tertiary/aromatic N) is 1. The van der Waals surface area contributed by atoms with Crippen LogP contribution in [0.4, 0.5) is 37.8 Å². The Morgan fingerprint density at radius 2 is 1.62 bits per heavy atom. The average molecular weight is 478 g/mol. The summed E-state index contributed by atoms with van der Waals surface area (Å²) in [5, 5.41) is 5.43. The molecule has 170 valence electrons. The van der Waals surface area contributed by atoms with Crippen molar-refractivity contribution >= 4 is 29.4 Å². The van der Waals surface area contributed by atoms with E-state index in [4.69, 9.17) is 16.0 Å². The second kappa shape index (κ2) is 9.11. The van der Waals surface area contributed by atoms with Crippen molar-refractivity contribution in [1.29, 1.82) is 0 Å². The van der Waals surface area contributed by atoms with Gasteiger partial charge in [0.2, 0.25) is 0 Å². The van der Waals surface area contributed by atoms with Crippen LogP contribution < -0.4 is 10.6 Å². The van der Waals surface area contributed by atoms with Crippen molar-refractivity contribution in [2.45, 2.75) is 12.4 Å². The van der Waals surface area contributed by atoms with Gasteiger partial charge in [0.05, 0.1) is 16.1 Å². The third kappa shape index (κ3) is 5.52. The standard InChI is InChI=1S/C20H14ClF6N3O2/c21-15-8-12(20(25,26)27)9-30-18(15)29-6-5-28-16-3-1-11(19(22,23)24)7-14(16)17-4-2-13(10-31)32-17/h1-4,7-10,28H,5-6H2,(H,29,30). The fourth-order valence-corrected chi connectivity index (χ4v) is 2.97. The lowest BCUT2D eigenvalue weighted by Crippen LogP contribution is -2.16. The number of halogens is 7. The molecule has 0 aliphatic carbocycles. The number of carbonyl (C=O) groups excluding carboxylic acids is 1. The van der Waals surface area contributed by atoms with E-state index in [0.29, 0.717) is 12.5 Å². The van der Waals surface area contributed by atoms with Crippen LogP contribution >= 0.6 is 11.6 Å². The topological polar surface area (TPSA) is 67.2 Å². The van der Waals surface area contributed by atoms with Crippen LogP contribution in [0.15, 0.2) is 47.0 Å². The zero-order valence-electron chi connectivity index (χ0n) is 15.9. The first-order chi connectivity index (χ1) is 15.0. The highest BCUT2D eigenvalue weighted by Crippen LogP contribution is 2.37. The Kier molecular flexibility index (Phi) is 6.68. The third-order valence-corrected chi connectivity index (χ3v) is 4.54. The molecule has 3 rings (SSSR count). The fraction of sp³-hybridized carbons (Fsp3) is 0.200. The lowest BCUT2D eigenvalue weighted by molar-refractivity contribution is -0.138. The normalized spacial score (nSPS) is 12.0. The van der Waals surface area contributed by atoms with Crippen molar-refractivity contribution in [2.75, 3.05) is 23.7 Å². The lowest BCUT2D eigenvalue weighted by Gasteiger charge is -2.15. The van der Waals surface area contributed by atoms with Gasteiger partial charge in [0.15, 0.2) is 12.0 Å². The fourth-order valence-electron chi connectivity index (χ4n) is 2.74. The minimum atomic E-state index is -4.58. The van der Waals surface area contributed by atoms with E-state index in [-0.39, 0.29) is 46.7 Å². The van der Waals surface area contributed by atoms with Crippen molar-refractivity contribution in [3.8, 4) is 11.3 Å². The van der Waals surface area contributed by atoms with Crippen LogP contribution in [0.25, 0.3) is 11.3 Å². The molecule has 2 N–H and O–H groups in total. The van der Waals surface area contributed by atoms with Gasteiger partial charge >= 0.3 is 12.4 Å². The molecule has 0 aliphatic rings. The number of alkyl halides is 6. The molecule has 1 aromatic carbocycles. The van der Waals surface area contributed by atoms with Crippen LogP contribution in [0.1, 0.15) is 21.7 Å². The molecule has 3 aromatic rings. The molecule has 32 heavy (non-hydrogen) atoms. The summed E-state index contributed by atoms with van der Waals surface area (Å²) in [7, 11) is 0. The zero-order chi connectivity index (χ0) is 23.5. The summed E-state index contributed by atoms with van der Waals surface area (Å²) in [5.74, 6) is 0.0323. The molecule has 0 bridgehead atoms. The first-order valence-corrected chi connectivity index (χ1v) is 9.34. The van der Waals surface area contributed by atoms with Gasteiger partial charge in [-0.3, -0.25) is 4.79 Å². The molecule has 0 amide bonds. The summed E-state index contributed by atoms with van der Waals surface area (Å²) < 4.78 is 82.6. The Bertz CT molecular complexity index is 1110. The molecule has 5 nitrogen and oxygen atoms in total. The van der Waals surface area contributed by atoms with E-state index < -0.39 is 23.5 Å². The molecular weight excluding hydrogens is 464 g/mol. The molecule has 0 saturated heterocycles. The molecular formula is C20H14ClF6N3O2. The van der Waals surface area contributed by atoms with E-state index >= 15 is 0 Å². The number of hydrogen-bond donors (Lipinski definition) is 2. The van der Waals surface area contributed by atoms with E-state index in [1.807, 2.05) is 0 Å². The van der Waals surface area contributed by atoms with Crippen LogP contribution in [-0.2, 0) is 12.4 Å². The number of aldehydes is 1. The second-order valence-corrected chi connectivity index (χ2v) is 6.89. The Morgan fingerprint density at radius 1 is 0.938 bits per heavy atom. The maximum atomic E-state index is 13.1. The van der Waals surface area contributed by atoms with Gasteiger partial charge in [-0.05, 0) is 36.4 Å². The molecule has 0 radical (unpaired) electrons. The van der Waals surface area contributed by atoms with Crippen LogP contribution in [0.2, 0.25) is 5.02 Å². The van der Waals surface area contributed by atoms with Crippen LogP contribution in [0.5, 0.6) is 0 Å². The number of anilines is 2. The molecule has 0 spiro atoms. The van der Waals surface area contributed by atoms with Crippen LogP contribution in [-0.4, -0.2) is 24.4 Å².